The van der Waals surface area contributed by atoms with E-state index in [9.17, 15) is 0 Å². The highest BCUT2D eigenvalue weighted by molar-refractivity contribution is 7.49. The van der Waals surface area contributed by atoms with E-state index in [1.165, 1.54) is 10.4 Å². The summed E-state index contributed by atoms with van der Waals surface area (Å²) < 4.78 is 0. The molecule has 0 bridgehead atoms. The Morgan fingerprint density at radius 3 is 1.09 bits per heavy atom. The van der Waals surface area contributed by atoms with Gasteiger partial charge in [0.25, 0.3) is 0 Å². The fourth-order valence-corrected chi connectivity index (χ4v) is 11.4. The van der Waals surface area contributed by atoms with Crippen LogP contribution in [0.4, 0.5) is 0 Å². The highest BCUT2D eigenvalue weighted by atomic mass is 29.3. The van der Waals surface area contributed by atoms with E-state index in [-0.39, 0.29) is 0 Å². The van der Waals surface area contributed by atoms with Crippen LogP contribution in [0.1, 0.15) is 11.1 Å². The molecule has 0 aromatic heterocycles. The summed E-state index contributed by atoms with van der Waals surface area (Å²) >= 11 is 0. The molecule has 0 aliphatic carbocycles. The molecule has 0 fully saturated rings. The summed E-state index contributed by atoms with van der Waals surface area (Å²) in [6.45, 7) is 9.66. The molecule has 0 aliphatic rings. The van der Waals surface area contributed by atoms with Gasteiger partial charge in [0, 0.05) is 0 Å². The zero-order valence-corrected chi connectivity index (χ0v) is 15.5. The van der Waals surface area contributed by atoms with Gasteiger partial charge in [-0.1, -0.05) is 60.8 Å². The van der Waals surface area contributed by atoms with Crippen LogP contribution in [0.2, 0.25) is 26.2 Å². The lowest BCUT2D eigenvalue weighted by atomic mass is 10.2. The maximum Gasteiger partial charge on any atom is 0.0991 e. The Bertz CT molecular complexity index is 678. The van der Waals surface area contributed by atoms with Crippen molar-refractivity contribution in [2.75, 3.05) is 0 Å². The summed E-state index contributed by atoms with van der Waals surface area (Å²) in [7, 11) is -3.33. The van der Waals surface area contributed by atoms with E-state index < -0.39 is 15.2 Å². The molecule has 2 rings (SSSR count). The van der Waals surface area contributed by atoms with Gasteiger partial charge in [0.05, 0.1) is 38.4 Å². The lowest BCUT2D eigenvalue weighted by molar-refractivity contribution is 1.49. The molecule has 0 saturated heterocycles. The Labute approximate surface area is 134 Å². The first-order valence-electron chi connectivity index (χ1n) is 7.34. The fourth-order valence-electron chi connectivity index (χ4n) is 2.64. The van der Waals surface area contributed by atoms with E-state index >= 15 is 0 Å². The lowest BCUT2D eigenvalue weighted by Gasteiger charge is -2.39. The van der Waals surface area contributed by atoms with Gasteiger partial charge in [-0.15, -0.1) is 0 Å². The highest BCUT2D eigenvalue weighted by Crippen LogP contribution is 2.20. The van der Waals surface area contributed by atoms with E-state index in [4.69, 9.17) is 10.5 Å². The van der Waals surface area contributed by atoms with E-state index in [0.29, 0.717) is 11.1 Å². The van der Waals surface area contributed by atoms with Crippen molar-refractivity contribution in [1.82, 2.24) is 0 Å². The highest BCUT2D eigenvalue weighted by Gasteiger charge is 2.43. The zero-order chi connectivity index (χ0) is 16.4. The Morgan fingerprint density at radius 2 is 0.864 bits per heavy atom. The first-order valence-corrected chi connectivity index (χ1v) is 14.3. The van der Waals surface area contributed by atoms with Gasteiger partial charge >= 0.3 is 0 Å². The number of rotatable bonds is 3. The predicted molar refractivity (Wildman–Crippen MR) is 96.5 cm³/mol. The van der Waals surface area contributed by atoms with E-state index in [2.05, 4.69) is 62.6 Å². The topological polar surface area (TPSA) is 47.6 Å². The normalized spacial score (nSPS) is 11.5. The monoisotopic (exact) mass is 320 g/mol. The third kappa shape index (κ3) is 2.76. The van der Waals surface area contributed by atoms with Crippen LogP contribution in [0.5, 0.6) is 0 Å². The average Bonchev–Trinajstić information content (AvgIpc) is 2.54. The quantitative estimate of drug-likeness (QED) is 0.816. The van der Waals surface area contributed by atoms with E-state index in [1.54, 1.807) is 0 Å². The molecule has 0 heterocycles. The number of benzene rings is 2. The van der Waals surface area contributed by atoms with Crippen molar-refractivity contribution < 1.29 is 0 Å². The van der Waals surface area contributed by atoms with Crippen LogP contribution in [0, 0.1) is 22.7 Å². The zero-order valence-electron chi connectivity index (χ0n) is 13.5. The van der Waals surface area contributed by atoms with Gasteiger partial charge in [0.15, 0.2) is 0 Å². The molecule has 0 unspecified atom stereocenters. The molecule has 0 atom stereocenters. The third-order valence-electron chi connectivity index (χ3n) is 5.03. The van der Waals surface area contributed by atoms with Crippen LogP contribution < -0.4 is 10.4 Å². The summed E-state index contributed by atoms with van der Waals surface area (Å²) in [4.78, 5) is 0. The molecular formula is C18H20N2Si2. The molecule has 0 saturated carbocycles. The Kier molecular flexibility index (Phi) is 4.37. The summed E-state index contributed by atoms with van der Waals surface area (Å²) in [6.07, 6.45) is 0. The second-order valence-corrected chi connectivity index (χ2v) is 21.8. The van der Waals surface area contributed by atoms with Gasteiger partial charge in [0.1, 0.15) is 0 Å². The molecule has 0 N–H and O–H groups in total. The van der Waals surface area contributed by atoms with Gasteiger partial charge < -0.3 is 0 Å². The van der Waals surface area contributed by atoms with Gasteiger partial charge in [0.2, 0.25) is 0 Å². The molecule has 22 heavy (non-hydrogen) atoms. The van der Waals surface area contributed by atoms with E-state index in [0.717, 1.165) is 0 Å². The van der Waals surface area contributed by atoms with Crippen molar-refractivity contribution >= 4 is 25.6 Å². The van der Waals surface area contributed by atoms with Crippen LogP contribution in [0.15, 0.2) is 48.5 Å². The van der Waals surface area contributed by atoms with Crippen molar-refractivity contribution in [3.63, 3.8) is 0 Å². The first-order chi connectivity index (χ1) is 10.3. The Balaban J connectivity index is 2.44. The molecule has 2 nitrogen and oxygen atoms in total. The largest absolute Gasteiger partial charge is 0.192 e. The molecule has 0 radical (unpaired) electrons. The minimum Gasteiger partial charge on any atom is -0.192 e. The smallest absolute Gasteiger partial charge is 0.0991 e. The third-order valence-corrected chi connectivity index (χ3v) is 22.8. The van der Waals surface area contributed by atoms with Gasteiger partial charge in [-0.25, -0.2) is 0 Å². The van der Waals surface area contributed by atoms with Crippen LogP contribution in [0.3, 0.4) is 0 Å². The van der Waals surface area contributed by atoms with Crippen LogP contribution in [0.25, 0.3) is 0 Å². The number of hydrogen-bond donors (Lipinski definition) is 0. The second-order valence-electron chi connectivity index (χ2n) is 6.63. The Morgan fingerprint density at radius 1 is 0.591 bits per heavy atom. The average molecular weight is 321 g/mol. The number of nitriles is 2. The molecule has 2 aromatic rings. The summed E-state index contributed by atoms with van der Waals surface area (Å²) in [5.74, 6) is 0. The predicted octanol–water partition coefficient (Wildman–Crippen LogP) is 3.04. The van der Waals surface area contributed by atoms with Crippen LogP contribution in [-0.4, -0.2) is 15.2 Å². The van der Waals surface area contributed by atoms with Gasteiger partial charge in [-0.3, -0.25) is 0 Å². The van der Waals surface area contributed by atoms with Crippen LogP contribution >= 0.6 is 0 Å². The van der Waals surface area contributed by atoms with E-state index in [1.807, 2.05) is 24.3 Å². The second kappa shape index (κ2) is 5.92. The van der Waals surface area contributed by atoms with Crippen molar-refractivity contribution in [2.45, 2.75) is 26.2 Å². The molecule has 110 valence electrons. The standard InChI is InChI=1S/C18H20N2Si2/c1-21(2,17-9-5-15(13-19)6-10-17)22(3,4)18-11-7-16(14-20)8-12-18/h5-12H,1-4H3. The summed E-state index contributed by atoms with van der Waals surface area (Å²) in [5, 5.41) is 20.7. The Hall–Kier alpha value is -2.15. The fraction of sp³-hybridized carbons (Fsp3) is 0.222. The van der Waals surface area contributed by atoms with Crippen LogP contribution in [-0.2, 0) is 0 Å². The summed E-state index contributed by atoms with van der Waals surface area (Å²) in [5.41, 5.74) is 1.43. The maximum absolute atomic E-state index is 8.96. The number of hydrogen-bond acceptors (Lipinski definition) is 2. The molecule has 0 amide bonds. The SMILES string of the molecule is C[Si](C)(c1ccc(C#N)cc1)[Si](C)(C)c1ccc(C#N)cc1. The lowest BCUT2D eigenvalue weighted by Crippen LogP contribution is -2.69. The van der Waals surface area contributed by atoms with Gasteiger partial charge in [-0.05, 0) is 24.3 Å². The minimum atomic E-state index is -1.66. The molecule has 0 spiro atoms. The van der Waals surface area contributed by atoms with Crippen molar-refractivity contribution in [1.29, 1.82) is 10.5 Å². The first kappa shape index (κ1) is 16.2. The minimum absolute atomic E-state index is 0.714. The van der Waals surface area contributed by atoms with Crippen molar-refractivity contribution in [2.24, 2.45) is 0 Å². The van der Waals surface area contributed by atoms with Crippen molar-refractivity contribution in [3.05, 3.63) is 59.7 Å². The maximum atomic E-state index is 8.96. The molecular weight excluding hydrogens is 300 g/mol. The van der Waals surface area contributed by atoms with Crippen molar-refractivity contribution in [3.8, 4) is 12.1 Å². The van der Waals surface area contributed by atoms with Gasteiger partial charge in [-0.2, -0.15) is 10.5 Å². The number of nitrogens with zero attached hydrogens (tertiary/aromatic N) is 2. The molecule has 0 aliphatic heterocycles. The molecule has 2 aromatic carbocycles. The summed E-state index contributed by atoms with van der Waals surface area (Å²) in [6, 6.07) is 20.6. The molecule has 4 heteroatoms.